The highest BCUT2D eigenvalue weighted by Crippen LogP contribution is 2.09. The van der Waals surface area contributed by atoms with Crippen molar-refractivity contribution in [3.05, 3.63) is 36.2 Å². The van der Waals surface area contributed by atoms with Crippen molar-refractivity contribution in [2.45, 2.75) is 26.3 Å². The second kappa shape index (κ2) is 7.90. The first-order valence-corrected chi connectivity index (χ1v) is 8.09. The molecule has 1 heterocycles. The number of benzene rings is 1. The Morgan fingerprint density at radius 3 is 2.46 bits per heavy atom. The van der Waals surface area contributed by atoms with Crippen molar-refractivity contribution in [3.63, 3.8) is 0 Å². The Hall–Kier alpha value is -3.03. The van der Waals surface area contributed by atoms with E-state index in [0.29, 0.717) is 11.0 Å². The maximum Gasteiger partial charge on any atom is 0.359 e. The molecule has 0 unspecified atom stereocenters. The summed E-state index contributed by atoms with van der Waals surface area (Å²) in [7, 11) is 1.47. The van der Waals surface area contributed by atoms with Crippen LogP contribution < -0.4 is 5.32 Å². The minimum atomic E-state index is -0.746. The number of fused-ring (bicyclic) bond motifs is 1. The third kappa shape index (κ3) is 5.51. The van der Waals surface area contributed by atoms with Gasteiger partial charge < -0.3 is 15.0 Å². The van der Waals surface area contributed by atoms with Gasteiger partial charge in [0, 0.05) is 12.6 Å². The van der Waals surface area contributed by atoms with Crippen LogP contribution in [0.3, 0.4) is 0 Å². The number of rotatable bonds is 5. The average Bonchev–Trinajstić information content (AvgIpc) is 2.57. The van der Waals surface area contributed by atoms with Gasteiger partial charge in [0.05, 0.1) is 23.8 Å². The number of ether oxygens (including phenoxy) is 1. The highest BCUT2D eigenvalue weighted by atomic mass is 16.5. The van der Waals surface area contributed by atoms with E-state index < -0.39 is 18.5 Å². The number of amides is 2. The fourth-order valence-electron chi connectivity index (χ4n) is 2.13. The van der Waals surface area contributed by atoms with Gasteiger partial charge >= 0.3 is 5.97 Å². The van der Waals surface area contributed by atoms with Crippen molar-refractivity contribution in [2.24, 2.45) is 0 Å². The van der Waals surface area contributed by atoms with Crippen LogP contribution in [0, 0.1) is 0 Å². The number of esters is 1. The molecule has 0 bridgehead atoms. The maximum atomic E-state index is 12.1. The zero-order valence-corrected chi connectivity index (χ0v) is 15.3. The van der Waals surface area contributed by atoms with E-state index in [0.717, 1.165) is 0 Å². The first kappa shape index (κ1) is 19.3. The lowest BCUT2D eigenvalue weighted by atomic mass is 10.1. The molecule has 0 spiro atoms. The number of likely N-dealkylation sites (N-methyl/N-ethyl adjacent to an activating group) is 1. The summed E-state index contributed by atoms with van der Waals surface area (Å²) in [5.41, 5.74) is 0.848. The third-order valence-electron chi connectivity index (χ3n) is 3.31. The molecule has 8 heteroatoms. The number of hydrogen-bond donors (Lipinski definition) is 1. The molecule has 26 heavy (non-hydrogen) atoms. The van der Waals surface area contributed by atoms with Crippen LogP contribution in [-0.4, -0.2) is 58.4 Å². The molecular weight excluding hydrogens is 336 g/mol. The van der Waals surface area contributed by atoms with Gasteiger partial charge in [-0.25, -0.2) is 9.78 Å². The van der Waals surface area contributed by atoms with Crippen LogP contribution in [0.1, 0.15) is 31.3 Å². The SMILES string of the molecule is CN(CC(=O)NC(C)(C)C)C(=O)COC(=O)c1cnc2ccccc2n1. The fourth-order valence-corrected chi connectivity index (χ4v) is 2.13. The van der Waals surface area contributed by atoms with Crippen molar-refractivity contribution in [1.82, 2.24) is 20.2 Å². The molecule has 0 atom stereocenters. The Kier molecular flexibility index (Phi) is 5.86. The molecule has 0 aliphatic carbocycles. The van der Waals surface area contributed by atoms with E-state index in [9.17, 15) is 14.4 Å². The number of nitrogens with one attached hydrogen (secondary N) is 1. The van der Waals surface area contributed by atoms with Crippen molar-refractivity contribution in [2.75, 3.05) is 20.2 Å². The van der Waals surface area contributed by atoms with Crippen LogP contribution >= 0.6 is 0 Å². The molecule has 0 radical (unpaired) electrons. The van der Waals surface area contributed by atoms with Gasteiger partial charge in [-0.05, 0) is 32.9 Å². The van der Waals surface area contributed by atoms with E-state index in [2.05, 4.69) is 15.3 Å². The molecule has 0 aliphatic heterocycles. The number of nitrogens with zero attached hydrogens (tertiary/aromatic N) is 3. The first-order valence-electron chi connectivity index (χ1n) is 8.09. The summed E-state index contributed by atoms with van der Waals surface area (Å²) in [6.45, 7) is 4.94. The molecule has 0 saturated heterocycles. The van der Waals surface area contributed by atoms with Crippen LogP contribution in [0.4, 0.5) is 0 Å². The number of aromatic nitrogens is 2. The lowest BCUT2D eigenvalue weighted by molar-refractivity contribution is -0.137. The summed E-state index contributed by atoms with van der Waals surface area (Å²) >= 11 is 0. The Bertz CT molecular complexity index is 829. The Morgan fingerprint density at radius 2 is 1.81 bits per heavy atom. The molecule has 1 aromatic heterocycles. The van der Waals surface area contributed by atoms with Gasteiger partial charge in [-0.3, -0.25) is 14.6 Å². The van der Waals surface area contributed by atoms with Crippen molar-refractivity contribution < 1.29 is 19.1 Å². The minimum absolute atomic E-state index is 0.0182. The standard InChI is InChI=1S/C18H22N4O4/c1-18(2,3)21-15(23)10-22(4)16(24)11-26-17(25)14-9-19-12-7-5-6-8-13(12)20-14/h5-9H,10-11H2,1-4H3,(H,21,23). The topological polar surface area (TPSA) is 101 Å². The van der Waals surface area contributed by atoms with Gasteiger partial charge in [-0.15, -0.1) is 0 Å². The molecule has 2 aromatic rings. The van der Waals surface area contributed by atoms with Crippen LogP contribution in [0.5, 0.6) is 0 Å². The number of carbonyl (C=O) groups is 3. The molecule has 2 amide bonds. The summed E-state index contributed by atoms with van der Waals surface area (Å²) in [5.74, 6) is -1.53. The van der Waals surface area contributed by atoms with Gasteiger partial charge in [0.15, 0.2) is 12.3 Å². The van der Waals surface area contributed by atoms with Gasteiger partial charge in [0.1, 0.15) is 0 Å². The molecular formula is C18H22N4O4. The summed E-state index contributed by atoms with van der Waals surface area (Å²) in [5, 5.41) is 2.75. The monoisotopic (exact) mass is 358 g/mol. The molecule has 8 nitrogen and oxygen atoms in total. The molecule has 0 fully saturated rings. The molecule has 0 aliphatic rings. The summed E-state index contributed by atoms with van der Waals surface area (Å²) in [4.78, 5) is 45.4. The molecule has 138 valence electrons. The van der Waals surface area contributed by atoms with Gasteiger partial charge in [0.25, 0.3) is 5.91 Å². The lowest BCUT2D eigenvalue weighted by Crippen LogP contribution is -2.46. The minimum Gasteiger partial charge on any atom is -0.451 e. The van der Waals surface area contributed by atoms with E-state index in [1.54, 1.807) is 18.2 Å². The van der Waals surface area contributed by atoms with Crippen LogP contribution in [0.25, 0.3) is 11.0 Å². The summed E-state index contributed by atoms with van der Waals surface area (Å²) in [6.07, 6.45) is 1.30. The van der Waals surface area contributed by atoms with E-state index in [4.69, 9.17) is 4.74 Å². The molecule has 1 N–H and O–H groups in total. The smallest absolute Gasteiger partial charge is 0.359 e. The maximum absolute atomic E-state index is 12.1. The zero-order valence-electron chi connectivity index (χ0n) is 15.3. The summed E-state index contributed by atoms with van der Waals surface area (Å²) < 4.78 is 4.98. The van der Waals surface area contributed by atoms with Crippen LogP contribution in [-0.2, 0) is 14.3 Å². The Labute approximate surface area is 151 Å². The van der Waals surface area contributed by atoms with Crippen LogP contribution in [0.2, 0.25) is 0 Å². The van der Waals surface area contributed by atoms with Crippen molar-refractivity contribution in [1.29, 1.82) is 0 Å². The lowest BCUT2D eigenvalue weighted by Gasteiger charge is -2.23. The second-order valence-electron chi connectivity index (χ2n) is 6.87. The largest absolute Gasteiger partial charge is 0.451 e. The highest BCUT2D eigenvalue weighted by molar-refractivity contribution is 5.91. The normalized spacial score (nSPS) is 11.1. The molecule has 2 rings (SSSR count). The van der Waals surface area contributed by atoms with Gasteiger partial charge in [-0.1, -0.05) is 12.1 Å². The quantitative estimate of drug-likeness (QED) is 0.805. The highest BCUT2D eigenvalue weighted by Gasteiger charge is 2.19. The van der Waals surface area contributed by atoms with Gasteiger partial charge in [0.2, 0.25) is 5.91 Å². The summed E-state index contributed by atoms with van der Waals surface area (Å²) in [6, 6.07) is 7.11. The number of carbonyl (C=O) groups excluding carboxylic acids is 3. The number of para-hydroxylation sites is 2. The van der Waals surface area contributed by atoms with Crippen molar-refractivity contribution >= 4 is 28.8 Å². The van der Waals surface area contributed by atoms with E-state index >= 15 is 0 Å². The first-order chi connectivity index (χ1) is 12.2. The Balaban J connectivity index is 1.89. The van der Waals surface area contributed by atoms with Crippen molar-refractivity contribution in [3.8, 4) is 0 Å². The van der Waals surface area contributed by atoms with E-state index in [-0.39, 0.29) is 23.7 Å². The predicted molar refractivity (Wildman–Crippen MR) is 95.4 cm³/mol. The average molecular weight is 358 g/mol. The molecule has 0 saturated carbocycles. The predicted octanol–water partition coefficient (Wildman–Crippen LogP) is 1.16. The number of hydrogen-bond acceptors (Lipinski definition) is 6. The molecule has 1 aromatic carbocycles. The van der Waals surface area contributed by atoms with E-state index in [1.807, 2.05) is 26.8 Å². The third-order valence-corrected chi connectivity index (χ3v) is 3.31. The fraction of sp³-hybridized carbons (Fsp3) is 0.389. The van der Waals surface area contributed by atoms with Gasteiger partial charge in [-0.2, -0.15) is 0 Å². The van der Waals surface area contributed by atoms with E-state index in [1.165, 1.54) is 18.1 Å². The Morgan fingerprint density at radius 1 is 1.15 bits per heavy atom. The second-order valence-corrected chi connectivity index (χ2v) is 6.87. The zero-order chi connectivity index (χ0) is 19.3. The van der Waals surface area contributed by atoms with Crippen LogP contribution in [0.15, 0.2) is 30.5 Å².